The van der Waals surface area contributed by atoms with Gasteiger partial charge in [-0.2, -0.15) is 0 Å². The van der Waals surface area contributed by atoms with Crippen molar-refractivity contribution >= 4 is 27.5 Å². The highest BCUT2D eigenvalue weighted by Gasteiger charge is 2.05. The summed E-state index contributed by atoms with van der Waals surface area (Å²) < 4.78 is 6.55. The van der Waals surface area contributed by atoms with E-state index < -0.39 is 0 Å². The van der Waals surface area contributed by atoms with Crippen LogP contribution in [0.25, 0.3) is 0 Å². The molecule has 94 valence electrons. The molecule has 0 spiro atoms. The first-order valence-corrected chi connectivity index (χ1v) is 6.58. The lowest BCUT2D eigenvalue weighted by molar-refractivity contribution is 0.302. The molecule has 0 aliphatic heterocycles. The van der Waals surface area contributed by atoms with Crippen molar-refractivity contribution in [1.82, 2.24) is 4.98 Å². The van der Waals surface area contributed by atoms with Crippen LogP contribution in [0.4, 0.5) is 0 Å². The highest BCUT2D eigenvalue weighted by molar-refractivity contribution is 9.10. The average Bonchev–Trinajstić information content (AvgIpc) is 2.38. The van der Waals surface area contributed by atoms with E-state index in [1.54, 1.807) is 18.3 Å². The second-order valence-electron chi connectivity index (χ2n) is 3.68. The van der Waals surface area contributed by atoms with E-state index in [0.717, 1.165) is 21.5 Å². The topological polar surface area (TPSA) is 48.1 Å². The first-order chi connectivity index (χ1) is 8.70. The first-order valence-electron chi connectivity index (χ1n) is 5.41. The van der Waals surface area contributed by atoms with Crippen LogP contribution in [0.2, 0.25) is 5.02 Å². The zero-order valence-electron chi connectivity index (χ0n) is 9.57. The van der Waals surface area contributed by atoms with Crippen molar-refractivity contribution in [3.63, 3.8) is 0 Å². The molecule has 0 fully saturated rings. The molecule has 2 rings (SSSR count). The maximum Gasteiger partial charge on any atom is 0.134 e. The van der Waals surface area contributed by atoms with E-state index >= 15 is 0 Å². The molecule has 0 saturated heterocycles. The number of ether oxygens (including phenoxy) is 1. The second-order valence-corrected chi connectivity index (χ2v) is 4.97. The third kappa shape index (κ3) is 3.22. The highest BCUT2D eigenvalue weighted by atomic mass is 79.9. The number of nitrogens with two attached hydrogens (primary N) is 1. The number of aromatic nitrogens is 1. The summed E-state index contributed by atoms with van der Waals surface area (Å²) in [5, 5.41) is 0.665. The van der Waals surface area contributed by atoms with Crippen LogP contribution in [0.15, 0.2) is 41.0 Å². The predicted molar refractivity (Wildman–Crippen MR) is 75.6 cm³/mol. The summed E-state index contributed by atoms with van der Waals surface area (Å²) in [6.07, 6.45) is 1.73. The van der Waals surface area contributed by atoms with Crippen LogP contribution in [0.5, 0.6) is 5.75 Å². The fraction of sp³-hybridized carbons (Fsp3) is 0.154. The molecule has 0 aliphatic carbocycles. The number of rotatable bonds is 4. The standard InChI is InChI=1S/C13H12BrClN2O/c14-11-6-10(15)3-4-13(11)18-8-9-2-1-5-17-12(9)7-16/h1-6H,7-8,16H2. The molecule has 5 heteroatoms. The van der Waals surface area contributed by atoms with E-state index in [9.17, 15) is 0 Å². The van der Waals surface area contributed by atoms with Gasteiger partial charge in [0.1, 0.15) is 12.4 Å². The van der Waals surface area contributed by atoms with Gasteiger partial charge in [0.05, 0.1) is 10.2 Å². The second kappa shape index (κ2) is 6.18. The van der Waals surface area contributed by atoms with Gasteiger partial charge >= 0.3 is 0 Å². The third-order valence-corrected chi connectivity index (χ3v) is 3.31. The van der Waals surface area contributed by atoms with Gasteiger partial charge in [-0.15, -0.1) is 0 Å². The summed E-state index contributed by atoms with van der Waals surface area (Å²) in [4.78, 5) is 4.21. The molecule has 0 bridgehead atoms. The van der Waals surface area contributed by atoms with E-state index in [0.29, 0.717) is 18.2 Å². The van der Waals surface area contributed by atoms with Crippen LogP contribution < -0.4 is 10.5 Å². The number of benzene rings is 1. The Morgan fingerprint density at radius 2 is 2.17 bits per heavy atom. The van der Waals surface area contributed by atoms with Crippen molar-refractivity contribution in [3.05, 3.63) is 57.3 Å². The maximum absolute atomic E-state index is 5.87. The molecule has 0 amide bonds. The number of pyridine rings is 1. The fourth-order valence-electron chi connectivity index (χ4n) is 1.53. The van der Waals surface area contributed by atoms with Gasteiger partial charge in [-0.1, -0.05) is 17.7 Å². The molecular formula is C13H12BrClN2O. The van der Waals surface area contributed by atoms with Crippen LogP contribution in [-0.4, -0.2) is 4.98 Å². The first kappa shape index (κ1) is 13.3. The van der Waals surface area contributed by atoms with Crippen LogP contribution >= 0.6 is 27.5 Å². The van der Waals surface area contributed by atoms with Crippen LogP contribution in [0.1, 0.15) is 11.3 Å². The molecular weight excluding hydrogens is 316 g/mol. The van der Waals surface area contributed by atoms with E-state index in [2.05, 4.69) is 20.9 Å². The summed E-state index contributed by atoms with van der Waals surface area (Å²) in [6.45, 7) is 0.835. The quantitative estimate of drug-likeness (QED) is 0.934. The van der Waals surface area contributed by atoms with E-state index in [1.165, 1.54) is 0 Å². The molecule has 0 aliphatic rings. The largest absolute Gasteiger partial charge is 0.488 e. The highest BCUT2D eigenvalue weighted by Crippen LogP contribution is 2.28. The molecule has 0 unspecified atom stereocenters. The third-order valence-electron chi connectivity index (χ3n) is 2.45. The van der Waals surface area contributed by atoms with Crippen molar-refractivity contribution in [2.24, 2.45) is 5.73 Å². The number of hydrogen-bond acceptors (Lipinski definition) is 3. The average molecular weight is 328 g/mol. The molecule has 0 atom stereocenters. The lowest BCUT2D eigenvalue weighted by Crippen LogP contribution is -2.06. The maximum atomic E-state index is 5.87. The lowest BCUT2D eigenvalue weighted by atomic mass is 10.2. The summed E-state index contributed by atoms with van der Waals surface area (Å²) in [7, 11) is 0. The SMILES string of the molecule is NCc1ncccc1COc1ccc(Cl)cc1Br. The molecule has 1 heterocycles. The van der Waals surface area contributed by atoms with Gasteiger partial charge in [-0.25, -0.2) is 0 Å². The van der Waals surface area contributed by atoms with Crippen molar-refractivity contribution < 1.29 is 4.74 Å². The number of halogens is 2. The Bertz CT molecular complexity index is 548. The Labute approximate surface area is 119 Å². The summed E-state index contributed by atoms with van der Waals surface area (Å²) in [5.74, 6) is 0.742. The smallest absolute Gasteiger partial charge is 0.134 e. The van der Waals surface area contributed by atoms with Gasteiger partial charge in [0, 0.05) is 23.3 Å². The molecule has 18 heavy (non-hydrogen) atoms. The van der Waals surface area contributed by atoms with Crippen molar-refractivity contribution in [2.75, 3.05) is 0 Å². The summed E-state index contributed by atoms with van der Waals surface area (Å²) in [6, 6.07) is 9.23. The van der Waals surface area contributed by atoms with E-state index in [1.807, 2.05) is 18.2 Å². The lowest BCUT2D eigenvalue weighted by Gasteiger charge is -2.10. The molecule has 0 saturated carbocycles. The van der Waals surface area contributed by atoms with Crippen LogP contribution in [0.3, 0.4) is 0 Å². The van der Waals surface area contributed by atoms with Gasteiger partial charge in [0.25, 0.3) is 0 Å². The molecule has 0 radical (unpaired) electrons. The zero-order chi connectivity index (χ0) is 13.0. The fourth-order valence-corrected chi connectivity index (χ4v) is 2.33. The van der Waals surface area contributed by atoms with Crippen molar-refractivity contribution in [1.29, 1.82) is 0 Å². The van der Waals surface area contributed by atoms with Crippen LogP contribution in [-0.2, 0) is 13.2 Å². The Hall–Kier alpha value is -1.10. The van der Waals surface area contributed by atoms with Crippen molar-refractivity contribution in [3.8, 4) is 5.75 Å². The van der Waals surface area contributed by atoms with Gasteiger partial charge in [0.15, 0.2) is 0 Å². The summed E-state index contributed by atoms with van der Waals surface area (Å²) >= 11 is 9.28. The van der Waals surface area contributed by atoms with Crippen molar-refractivity contribution in [2.45, 2.75) is 13.2 Å². The minimum Gasteiger partial charge on any atom is -0.488 e. The molecule has 3 nitrogen and oxygen atoms in total. The number of hydrogen-bond donors (Lipinski definition) is 1. The normalized spacial score (nSPS) is 10.4. The Morgan fingerprint density at radius 3 is 2.89 bits per heavy atom. The van der Waals surface area contributed by atoms with Gasteiger partial charge in [-0.05, 0) is 40.2 Å². The predicted octanol–water partition coefficient (Wildman–Crippen LogP) is 3.54. The Balaban J connectivity index is 2.11. The van der Waals surface area contributed by atoms with Crippen LogP contribution in [0, 0.1) is 0 Å². The summed E-state index contributed by atoms with van der Waals surface area (Å²) in [5.41, 5.74) is 7.46. The van der Waals surface area contributed by atoms with E-state index in [-0.39, 0.29) is 0 Å². The monoisotopic (exact) mass is 326 g/mol. The van der Waals surface area contributed by atoms with E-state index in [4.69, 9.17) is 22.1 Å². The number of nitrogens with zero attached hydrogens (tertiary/aromatic N) is 1. The minimum absolute atomic E-state index is 0.404. The van der Waals surface area contributed by atoms with Gasteiger partial charge in [-0.3, -0.25) is 4.98 Å². The Morgan fingerprint density at radius 1 is 1.33 bits per heavy atom. The molecule has 2 N–H and O–H groups in total. The van der Waals surface area contributed by atoms with Gasteiger partial charge in [0.2, 0.25) is 0 Å². The minimum atomic E-state index is 0.404. The Kier molecular flexibility index (Phi) is 4.58. The zero-order valence-corrected chi connectivity index (χ0v) is 11.9. The molecule has 1 aromatic heterocycles. The van der Waals surface area contributed by atoms with Gasteiger partial charge < -0.3 is 10.5 Å². The molecule has 2 aromatic rings. The molecule has 1 aromatic carbocycles.